The van der Waals surface area contributed by atoms with Crippen molar-refractivity contribution in [3.8, 4) is 11.8 Å². The van der Waals surface area contributed by atoms with Crippen molar-refractivity contribution in [3.05, 3.63) is 51.9 Å². The van der Waals surface area contributed by atoms with Gasteiger partial charge in [-0.25, -0.2) is 0 Å². The van der Waals surface area contributed by atoms with Crippen LogP contribution >= 0.6 is 11.3 Å². The van der Waals surface area contributed by atoms with Crippen LogP contribution in [0.1, 0.15) is 34.9 Å². The number of benzene rings is 1. The Balaban J connectivity index is 1.71. The molecular weight excluding hydrogens is 388 g/mol. The van der Waals surface area contributed by atoms with Gasteiger partial charge >= 0.3 is 5.97 Å². The van der Waals surface area contributed by atoms with Gasteiger partial charge in [-0.2, -0.15) is 5.26 Å². The molecule has 1 aliphatic rings. The van der Waals surface area contributed by atoms with Crippen molar-refractivity contribution in [2.75, 3.05) is 19.0 Å². The van der Waals surface area contributed by atoms with Crippen LogP contribution in [-0.4, -0.2) is 25.6 Å². The summed E-state index contributed by atoms with van der Waals surface area (Å²) >= 11 is 1.37. The van der Waals surface area contributed by atoms with Crippen LogP contribution in [0.5, 0.6) is 5.75 Å². The Morgan fingerprint density at radius 2 is 2.10 bits per heavy atom. The van der Waals surface area contributed by atoms with Crippen molar-refractivity contribution in [1.29, 1.82) is 5.26 Å². The fourth-order valence-corrected chi connectivity index (χ4v) is 4.57. The van der Waals surface area contributed by atoms with Crippen molar-refractivity contribution < 1.29 is 19.1 Å². The van der Waals surface area contributed by atoms with Gasteiger partial charge < -0.3 is 14.8 Å². The van der Waals surface area contributed by atoms with Gasteiger partial charge in [0.1, 0.15) is 16.8 Å². The van der Waals surface area contributed by atoms with E-state index in [1.807, 2.05) is 24.3 Å². The molecule has 1 aromatic heterocycles. The number of methoxy groups -OCH3 is 1. The maximum Gasteiger partial charge on any atom is 0.309 e. The number of anilines is 1. The number of carbonyl (C=O) groups is 2. The number of rotatable bonds is 6. The summed E-state index contributed by atoms with van der Waals surface area (Å²) in [6, 6.07) is 9.54. The number of nitrogens with zero attached hydrogens (tertiary/aromatic N) is 1. The van der Waals surface area contributed by atoms with Crippen LogP contribution in [-0.2, 0) is 27.2 Å². The van der Waals surface area contributed by atoms with E-state index in [9.17, 15) is 14.9 Å². The van der Waals surface area contributed by atoms with E-state index in [1.165, 1.54) is 17.4 Å². The molecule has 7 heteroatoms. The van der Waals surface area contributed by atoms with Crippen molar-refractivity contribution >= 4 is 34.3 Å². The van der Waals surface area contributed by atoms with E-state index in [4.69, 9.17) is 9.47 Å². The van der Waals surface area contributed by atoms with Crippen LogP contribution < -0.4 is 10.1 Å². The number of hydrogen-bond acceptors (Lipinski definition) is 6. The van der Waals surface area contributed by atoms with Gasteiger partial charge in [0.25, 0.3) is 0 Å². The van der Waals surface area contributed by atoms with Crippen molar-refractivity contribution in [3.63, 3.8) is 0 Å². The molecule has 1 aromatic carbocycles. The van der Waals surface area contributed by atoms with Crippen molar-refractivity contribution in [1.82, 2.24) is 0 Å². The summed E-state index contributed by atoms with van der Waals surface area (Å²) in [5.74, 6) is 0.0534. The molecule has 0 saturated carbocycles. The molecule has 6 nitrogen and oxygen atoms in total. The van der Waals surface area contributed by atoms with E-state index in [-0.39, 0.29) is 17.8 Å². The minimum absolute atomic E-state index is 0.189. The summed E-state index contributed by atoms with van der Waals surface area (Å²) in [4.78, 5) is 25.4. The summed E-state index contributed by atoms with van der Waals surface area (Å²) in [6.45, 7) is 2.15. The third-order valence-corrected chi connectivity index (χ3v) is 5.95. The standard InChI is InChI=1S/C22H22N2O4S/c1-3-28-22(26)15-7-10-17-18(13-23)21(29-19(17)12-15)24-20(25)11-6-14-4-8-16(27-2)9-5-14/h4-6,8-9,11,15H,3,7,10,12H2,1-2H3,(H,24,25). The first-order valence-electron chi connectivity index (χ1n) is 9.40. The van der Waals surface area contributed by atoms with Crippen LogP contribution in [0.3, 0.4) is 0 Å². The lowest BCUT2D eigenvalue weighted by Gasteiger charge is -2.20. The zero-order chi connectivity index (χ0) is 20.8. The molecule has 0 saturated heterocycles. The number of amides is 1. The number of hydrogen-bond donors (Lipinski definition) is 1. The Hall–Kier alpha value is -3.11. The second-order valence-electron chi connectivity index (χ2n) is 6.61. The summed E-state index contributed by atoms with van der Waals surface area (Å²) < 4.78 is 10.2. The summed E-state index contributed by atoms with van der Waals surface area (Å²) in [5.41, 5.74) is 2.30. The Bertz CT molecular complexity index is 970. The van der Waals surface area contributed by atoms with Gasteiger partial charge in [-0.05, 0) is 55.5 Å². The zero-order valence-electron chi connectivity index (χ0n) is 16.4. The van der Waals surface area contributed by atoms with Gasteiger partial charge in [0.05, 0.1) is 25.2 Å². The molecule has 1 amide bonds. The molecule has 1 aliphatic carbocycles. The molecule has 29 heavy (non-hydrogen) atoms. The molecule has 0 aliphatic heterocycles. The molecule has 0 spiro atoms. The van der Waals surface area contributed by atoms with Gasteiger partial charge in [-0.3, -0.25) is 9.59 Å². The Labute approximate surface area is 173 Å². The van der Waals surface area contributed by atoms with E-state index in [2.05, 4.69) is 11.4 Å². The third-order valence-electron chi connectivity index (χ3n) is 4.78. The molecule has 2 aromatic rings. The van der Waals surface area contributed by atoms with Gasteiger partial charge in [0, 0.05) is 11.0 Å². The number of thiophene rings is 1. The molecular formula is C22H22N2O4S. The lowest BCUT2D eigenvalue weighted by atomic mass is 9.87. The SMILES string of the molecule is CCOC(=O)C1CCc2c(sc(NC(=O)C=Cc3ccc(OC)cc3)c2C#N)C1. The summed E-state index contributed by atoms with van der Waals surface area (Å²) in [5, 5.41) is 12.9. The summed E-state index contributed by atoms with van der Waals surface area (Å²) in [6.07, 6.45) is 4.97. The monoisotopic (exact) mass is 410 g/mol. The normalized spacial score (nSPS) is 15.4. The van der Waals surface area contributed by atoms with Crippen LogP contribution in [0.25, 0.3) is 6.08 Å². The zero-order valence-corrected chi connectivity index (χ0v) is 17.2. The highest BCUT2D eigenvalue weighted by Gasteiger charge is 2.30. The third kappa shape index (κ3) is 4.84. The summed E-state index contributed by atoms with van der Waals surface area (Å²) in [7, 11) is 1.60. The fraction of sp³-hybridized carbons (Fsp3) is 0.318. The number of nitriles is 1. The molecule has 1 atom stereocenters. The fourth-order valence-electron chi connectivity index (χ4n) is 3.29. The number of carbonyl (C=O) groups excluding carboxylic acids is 2. The molecule has 3 rings (SSSR count). The predicted molar refractivity (Wildman–Crippen MR) is 112 cm³/mol. The van der Waals surface area contributed by atoms with Gasteiger partial charge in [-0.15, -0.1) is 11.3 Å². The average Bonchev–Trinajstić information content (AvgIpc) is 3.08. The number of esters is 1. The molecule has 150 valence electrons. The second-order valence-corrected chi connectivity index (χ2v) is 7.71. The second kappa shape index (κ2) is 9.39. The minimum Gasteiger partial charge on any atom is -0.497 e. The Morgan fingerprint density at radius 3 is 2.76 bits per heavy atom. The van der Waals surface area contributed by atoms with Crippen LogP contribution in [0.15, 0.2) is 30.3 Å². The van der Waals surface area contributed by atoms with E-state index >= 15 is 0 Å². The number of fused-ring (bicyclic) bond motifs is 1. The average molecular weight is 410 g/mol. The van der Waals surface area contributed by atoms with E-state index in [0.717, 1.165) is 21.8 Å². The number of ether oxygens (including phenoxy) is 2. The quantitative estimate of drug-likeness (QED) is 0.575. The van der Waals surface area contributed by atoms with Gasteiger partial charge in [0.2, 0.25) is 5.91 Å². The smallest absolute Gasteiger partial charge is 0.309 e. The first-order valence-corrected chi connectivity index (χ1v) is 10.2. The molecule has 1 heterocycles. The largest absolute Gasteiger partial charge is 0.497 e. The van der Waals surface area contributed by atoms with Crippen LogP contribution in [0.2, 0.25) is 0 Å². The Morgan fingerprint density at radius 1 is 1.34 bits per heavy atom. The van der Waals surface area contributed by atoms with Gasteiger partial charge in [0.15, 0.2) is 0 Å². The van der Waals surface area contributed by atoms with Crippen molar-refractivity contribution in [2.24, 2.45) is 5.92 Å². The first kappa shape index (κ1) is 20.6. The maximum atomic E-state index is 12.3. The first-order chi connectivity index (χ1) is 14.0. The lowest BCUT2D eigenvalue weighted by Crippen LogP contribution is -2.24. The van der Waals surface area contributed by atoms with Gasteiger partial charge in [-0.1, -0.05) is 12.1 Å². The molecule has 1 unspecified atom stereocenters. The van der Waals surface area contributed by atoms with E-state index in [0.29, 0.717) is 36.4 Å². The maximum absolute atomic E-state index is 12.3. The number of nitrogens with one attached hydrogen (secondary N) is 1. The molecule has 0 bridgehead atoms. The van der Waals surface area contributed by atoms with Crippen LogP contribution in [0.4, 0.5) is 5.00 Å². The molecule has 1 N–H and O–H groups in total. The molecule has 0 fully saturated rings. The van der Waals surface area contributed by atoms with E-state index < -0.39 is 0 Å². The van der Waals surface area contributed by atoms with E-state index in [1.54, 1.807) is 20.1 Å². The Kier molecular flexibility index (Phi) is 6.68. The highest BCUT2D eigenvalue weighted by Crippen LogP contribution is 2.39. The molecule has 0 radical (unpaired) electrons. The van der Waals surface area contributed by atoms with Crippen LogP contribution in [0, 0.1) is 17.2 Å². The topological polar surface area (TPSA) is 88.4 Å². The minimum atomic E-state index is -0.308. The lowest BCUT2D eigenvalue weighted by molar-refractivity contribution is -0.148. The van der Waals surface area contributed by atoms with Crippen molar-refractivity contribution in [2.45, 2.75) is 26.2 Å². The predicted octanol–water partition coefficient (Wildman–Crippen LogP) is 3.95. The highest BCUT2D eigenvalue weighted by atomic mass is 32.1. The highest BCUT2D eigenvalue weighted by molar-refractivity contribution is 7.16.